The van der Waals surface area contributed by atoms with Crippen LogP contribution in [0.1, 0.15) is 5.56 Å². The number of aromatic nitrogens is 2. The van der Waals surface area contributed by atoms with Crippen molar-refractivity contribution in [2.45, 2.75) is 0 Å². The Bertz CT molecular complexity index is 541. The lowest BCUT2D eigenvalue weighted by atomic mass is 10.3. The molecule has 0 saturated heterocycles. The Balaban J connectivity index is 3.21. The van der Waals surface area contributed by atoms with Crippen molar-refractivity contribution in [2.24, 2.45) is 4.99 Å². The van der Waals surface area contributed by atoms with Crippen LogP contribution in [0.4, 0.5) is 5.82 Å². The van der Waals surface area contributed by atoms with Crippen LogP contribution < -0.4 is 14.8 Å². The second-order valence-electron chi connectivity index (χ2n) is 3.21. The summed E-state index contributed by atoms with van der Waals surface area (Å²) in [6.45, 7) is 0.559. The zero-order chi connectivity index (χ0) is 14.1. The van der Waals surface area contributed by atoms with Crippen molar-refractivity contribution in [2.75, 3.05) is 32.6 Å². The fourth-order valence-electron chi connectivity index (χ4n) is 1.25. The number of hydrogen-bond donors (Lipinski definition) is 1. The van der Waals surface area contributed by atoms with Gasteiger partial charge in [0.2, 0.25) is 5.88 Å². The maximum absolute atomic E-state index is 5.21. The molecule has 6 nitrogen and oxygen atoms in total. The third-order valence-corrected chi connectivity index (χ3v) is 2.03. The fourth-order valence-corrected chi connectivity index (χ4v) is 1.25. The van der Waals surface area contributed by atoms with Crippen molar-refractivity contribution in [1.29, 1.82) is 0 Å². The summed E-state index contributed by atoms with van der Waals surface area (Å²) in [5.74, 6) is 5.66. The van der Waals surface area contributed by atoms with E-state index in [2.05, 4.69) is 32.1 Å². The van der Waals surface area contributed by atoms with E-state index in [-0.39, 0.29) is 12.6 Å². The number of rotatable bonds is 6. The molecule has 1 aromatic rings. The minimum Gasteiger partial charge on any atom is -0.480 e. The predicted molar refractivity (Wildman–Crippen MR) is 73.8 cm³/mol. The number of terminal acetylenes is 2. The van der Waals surface area contributed by atoms with Crippen LogP contribution in [0.3, 0.4) is 0 Å². The van der Waals surface area contributed by atoms with Gasteiger partial charge in [-0.1, -0.05) is 11.8 Å². The van der Waals surface area contributed by atoms with Gasteiger partial charge in [0.25, 0.3) is 0 Å². The molecule has 0 unspecified atom stereocenters. The summed E-state index contributed by atoms with van der Waals surface area (Å²) in [4.78, 5) is 12.3. The van der Waals surface area contributed by atoms with Gasteiger partial charge in [-0.05, 0) is 0 Å². The summed E-state index contributed by atoms with van der Waals surface area (Å²) < 4.78 is 10.2. The van der Waals surface area contributed by atoms with Gasteiger partial charge in [-0.15, -0.1) is 12.8 Å². The summed E-state index contributed by atoms with van der Waals surface area (Å²) in [6, 6.07) is 0.172. The molecule has 6 heteroatoms. The number of anilines is 1. The molecule has 0 saturated carbocycles. The van der Waals surface area contributed by atoms with Crippen molar-refractivity contribution in [3.63, 3.8) is 0 Å². The maximum atomic E-state index is 5.21. The summed E-state index contributed by atoms with van der Waals surface area (Å²) in [6.07, 6.45) is 11.9. The molecular formula is C13H14N4O2. The Kier molecular flexibility index (Phi) is 5.71. The van der Waals surface area contributed by atoms with Crippen LogP contribution in [0.15, 0.2) is 4.99 Å². The lowest BCUT2D eigenvalue weighted by molar-refractivity contribution is 0.352. The highest BCUT2D eigenvalue weighted by Crippen LogP contribution is 2.23. The van der Waals surface area contributed by atoms with E-state index in [1.807, 2.05) is 0 Å². The van der Waals surface area contributed by atoms with E-state index in [4.69, 9.17) is 22.3 Å². The van der Waals surface area contributed by atoms with Crippen LogP contribution in [-0.2, 0) is 0 Å². The first kappa shape index (κ1) is 14.3. The second-order valence-corrected chi connectivity index (χ2v) is 3.21. The molecular weight excluding hydrogens is 244 g/mol. The average Bonchev–Trinajstić information content (AvgIpc) is 2.45. The van der Waals surface area contributed by atoms with Crippen molar-refractivity contribution in [1.82, 2.24) is 9.97 Å². The standard InChI is InChI=1S/C13H14N4O2/c1-5-7-14-9-10-11(15-8-6-2)16-13(19-4)17-12(10)18-3/h1-2,9H,7-8H2,3-4H3,(H,15,16,17). The second kappa shape index (κ2) is 7.57. The lowest BCUT2D eigenvalue weighted by Gasteiger charge is -2.11. The van der Waals surface area contributed by atoms with Crippen LogP contribution in [-0.4, -0.2) is 43.5 Å². The SMILES string of the molecule is C#CCN=Cc1c(NCC#C)nc(OC)nc1OC. The highest BCUT2D eigenvalue weighted by atomic mass is 16.5. The number of nitrogens with one attached hydrogen (secondary N) is 1. The zero-order valence-electron chi connectivity index (χ0n) is 10.8. The normalized spacial score (nSPS) is 9.68. The minimum absolute atomic E-state index is 0.172. The van der Waals surface area contributed by atoms with E-state index in [9.17, 15) is 0 Å². The lowest BCUT2D eigenvalue weighted by Crippen LogP contribution is -2.09. The summed E-state index contributed by atoms with van der Waals surface area (Å²) in [7, 11) is 2.96. The number of aliphatic imine (C=N–C) groups is 1. The molecule has 0 aliphatic carbocycles. The fraction of sp³-hybridized carbons (Fsp3) is 0.308. The van der Waals surface area contributed by atoms with Gasteiger partial charge in [0.05, 0.1) is 32.9 Å². The smallest absolute Gasteiger partial charge is 0.321 e. The molecule has 0 radical (unpaired) electrons. The molecule has 0 spiro atoms. The van der Waals surface area contributed by atoms with Crippen LogP contribution >= 0.6 is 0 Å². The summed E-state index contributed by atoms with van der Waals surface area (Å²) in [5, 5.41) is 2.95. The Hall–Kier alpha value is -2.73. The van der Waals surface area contributed by atoms with E-state index >= 15 is 0 Å². The molecule has 98 valence electrons. The quantitative estimate of drug-likeness (QED) is 0.597. The molecule has 1 rings (SSSR count). The number of methoxy groups -OCH3 is 2. The van der Waals surface area contributed by atoms with Gasteiger partial charge in [-0.3, -0.25) is 4.99 Å². The molecule has 0 aromatic carbocycles. The van der Waals surface area contributed by atoms with Gasteiger partial charge in [-0.2, -0.15) is 9.97 Å². The number of nitrogens with zero attached hydrogens (tertiary/aromatic N) is 3. The maximum Gasteiger partial charge on any atom is 0.321 e. The zero-order valence-corrected chi connectivity index (χ0v) is 10.8. The Morgan fingerprint density at radius 2 is 2.05 bits per heavy atom. The number of hydrogen-bond acceptors (Lipinski definition) is 6. The first-order valence-corrected chi connectivity index (χ1v) is 5.37. The van der Waals surface area contributed by atoms with E-state index < -0.39 is 0 Å². The Morgan fingerprint density at radius 1 is 1.26 bits per heavy atom. The number of ether oxygens (including phenoxy) is 2. The largest absolute Gasteiger partial charge is 0.480 e. The third-order valence-electron chi connectivity index (χ3n) is 2.03. The van der Waals surface area contributed by atoms with Crippen molar-refractivity contribution < 1.29 is 9.47 Å². The molecule has 19 heavy (non-hydrogen) atoms. The first-order chi connectivity index (χ1) is 9.26. The average molecular weight is 258 g/mol. The van der Waals surface area contributed by atoms with E-state index in [0.29, 0.717) is 23.8 Å². The van der Waals surface area contributed by atoms with E-state index in [1.54, 1.807) is 0 Å². The molecule has 1 heterocycles. The van der Waals surface area contributed by atoms with E-state index in [0.717, 1.165) is 0 Å². The van der Waals surface area contributed by atoms with Gasteiger partial charge in [0.15, 0.2) is 0 Å². The molecule has 0 bridgehead atoms. The highest BCUT2D eigenvalue weighted by Gasteiger charge is 2.13. The molecule has 1 N–H and O–H groups in total. The first-order valence-electron chi connectivity index (χ1n) is 5.37. The molecule has 0 atom stereocenters. The van der Waals surface area contributed by atoms with Crippen LogP contribution in [0.5, 0.6) is 11.9 Å². The van der Waals surface area contributed by atoms with Gasteiger partial charge >= 0.3 is 6.01 Å². The highest BCUT2D eigenvalue weighted by molar-refractivity contribution is 5.89. The third kappa shape index (κ3) is 3.90. The van der Waals surface area contributed by atoms with Crippen molar-refractivity contribution in [3.8, 4) is 36.6 Å². The van der Waals surface area contributed by atoms with Crippen LogP contribution in [0.2, 0.25) is 0 Å². The molecule has 0 aliphatic heterocycles. The molecule has 0 fully saturated rings. The van der Waals surface area contributed by atoms with Gasteiger partial charge in [0.1, 0.15) is 5.82 Å². The molecule has 0 aliphatic rings. The summed E-state index contributed by atoms with van der Waals surface area (Å²) in [5.41, 5.74) is 0.564. The van der Waals surface area contributed by atoms with Gasteiger partial charge < -0.3 is 14.8 Å². The monoisotopic (exact) mass is 258 g/mol. The summed E-state index contributed by atoms with van der Waals surface area (Å²) >= 11 is 0. The Morgan fingerprint density at radius 3 is 2.63 bits per heavy atom. The van der Waals surface area contributed by atoms with E-state index in [1.165, 1.54) is 20.4 Å². The van der Waals surface area contributed by atoms with Crippen LogP contribution in [0, 0.1) is 24.7 Å². The topological polar surface area (TPSA) is 68.6 Å². The Labute approximate surface area is 112 Å². The van der Waals surface area contributed by atoms with Crippen molar-refractivity contribution in [3.05, 3.63) is 5.56 Å². The predicted octanol–water partition coefficient (Wildman–Crippen LogP) is 0.591. The molecule has 0 amide bonds. The minimum atomic E-state index is 0.172. The van der Waals surface area contributed by atoms with Crippen LogP contribution in [0.25, 0.3) is 0 Å². The van der Waals surface area contributed by atoms with Crippen molar-refractivity contribution >= 4 is 12.0 Å². The van der Waals surface area contributed by atoms with Gasteiger partial charge in [-0.25, -0.2) is 0 Å². The van der Waals surface area contributed by atoms with Gasteiger partial charge in [0, 0.05) is 6.21 Å². The molecule has 1 aromatic heterocycles.